The number of hydrogen-bond acceptors (Lipinski definition) is 4. The number of rotatable bonds is 6. The second kappa shape index (κ2) is 8.11. The van der Waals surface area contributed by atoms with Crippen LogP contribution in [0.4, 0.5) is 0 Å². The van der Waals surface area contributed by atoms with Crippen LogP contribution < -0.4 is 11.1 Å². The van der Waals surface area contributed by atoms with E-state index in [-0.39, 0.29) is 11.3 Å². The summed E-state index contributed by atoms with van der Waals surface area (Å²) in [5.41, 5.74) is 5.49. The third-order valence-corrected chi connectivity index (χ3v) is 5.12. The molecule has 122 valence electrons. The van der Waals surface area contributed by atoms with Gasteiger partial charge in [-0.2, -0.15) is 0 Å². The van der Waals surface area contributed by atoms with E-state index in [1.807, 2.05) is 0 Å². The fourth-order valence-electron chi connectivity index (χ4n) is 3.44. The number of amides is 1. The van der Waals surface area contributed by atoms with Crippen LogP contribution in [0.2, 0.25) is 0 Å². The number of nitrogens with two attached hydrogens (primary N) is 1. The van der Waals surface area contributed by atoms with Gasteiger partial charge in [-0.1, -0.05) is 6.92 Å². The zero-order valence-corrected chi connectivity index (χ0v) is 13.4. The molecule has 0 aliphatic carbocycles. The highest BCUT2D eigenvalue weighted by Gasteiger charge is 2.38. The van der Waals surface area contributed by atoms with Crippen molar-refractivity contribution in [2.24, 2.45) is 17.1 Å². The molecule has 0 unspecified atom stereocenters. The molecule has 2 saturated heterocycles. The van der Waals surface area contributed by atoms with E-state index in [1.165, 1.54) is 38.9 Å². The zero-order chi connectivity index (χ0) is 15.1. The largest absolute Gasteiger partial charge is 0.381 e. The van der Waals surface area contributed by atoms with Crippen molar-refractivity contribution >= 4 is 5.91 Å². The summed E-state index contributed by atoms with van der Waals surface area (Å²) >= 11 is 0. The lowest BCUT2D eigenvalue weighted by atomic mass is 9.79. The Hall–Kier alpha value is -0.650. The second-order valence-corrected chi connectivity index (χ2v) is 6.59. The normalized spacial score (nSPS) is 23.9. The highest BCUT2D eigenvalue weighted by atomic mass is 16.5. The van der Waals surface area contributed by atoms with E-state index < -0.39 is 0 Å². The van der Waals surface area contributed by atoms with Gasteiger partial charge in [-0.15, -0.1) is 0 Å². The third-order valence-electron chi connectivity index (χ3n) is 5.12. The highest BCUT2D eigenvalue weighted by molar-refractivity contribution is 5.83. The van der Waals surface area contributed by atoms with Crippen molar-refractivity contribution in [3.8, 4) is 0 Å². The number of carbonyl (C=O) groups excluding carboxylic acids is 1. The number of hydrogen-bond donors (Lipinski definition) is 2. The maximum atomic E-state index is 12.5. The van der Waals surface area contributed by atoms with Crippen molar-refractivity contribution < 1.29 is 9.53 Å². The summed E-state index contributed by atoms with van der Waals surface area (Å²) in [7, 11) is 0. The summed E-state index contributed by atoms with van der Waals surface area (Å²) in [6.45, 7) is 8.31. The number of likely N-dealkylation sites (tertiary alicyclic amines) is 1. The maximum absolute atomic E-state index is 12.5. The van der Waals surface area contributed by atoms with Crippen molar-refractivity contribution in [3.63, 3.8) is 0 Å². The molecule has 5 nitrogen and oxygen atoms in total. The lowest BCUT2D eigenvalue weighted by molar-refractivity contribution is -0.136. The Morgan fingerprint density at radius 3 is 2.57 bits per heavy atom. The van der Waals surface area contributed by atoms with Crippen LogP contribution in [0.3, 0.4) is 0 Å². The van der Waals surface area contributed by atoms with E-state index in [0.717, 1.165) is 19.4 Å². The first kappa shape index (κ1) is 16.7. The standard InChI is InChI=1S/C16H31N3O2/c1-2-7-19-8-3-14(4-9-19)12-18-15(20)16(13-17)5-10-21-11-6-16/h14H,2-13,17H2,1H3,(H,18,20). The van der Waals surface area contributed by atoms with E-state index >= 15 is 0 Å². The average Bonchev–Trinajstić information content (AvgIpc) is 2.55. The van der Waals surface area contributed by atoms with Crippen molar-refractivity contribution in [2.75, 3.05) is 45.9 Å². The number of ether oxygens (including phenoxy) is 1. The van der Waals surface area contributed by atoms with Gasteiger partial charge in [0.2, 0.25) is 5.91 Å². The molecule has 2 aliphatic rings. The van der Waals surface area contributed by atoms with Crippen LogP contribution in [0.25, 0.3) is 0 Å². The van der Waals surface area contributed by atoms with Crippen molar-refractivity contribution in [1.82, 2.24) is 10.2 Å². The van der Waals surface area contributed by atoms with Gasteiger partial charge >= 0.3 is 0 Å². The van der Waals surface area contributed by atoms with Gasteiger partial charge in [0, 0.05) is 26.3 Å². The zero-order valence-electron chi connectivity index (χ0n) is 13.4. The van der Waals surface area contributed by atoms with Gasteiger partial charge in [-0.05, 0) is 57.7 Å². The van der Waals surface area contributed by atoms with Gasteiger partial charge in [-0.25, -0.2) is 0 Å². The predicted octanol–water partition coefficient (Wildman–Crippen LogP) is 0.980. The van der Waals surface area contributed by atoms with Gasteiger partial charge in [0.1, 0.15) is 0 Å². The fraction of sp³-hybridized carbons (Fsp3) is 0.938. The Balaban J connectivity index is 1.74. The minimum Gasteiger partial charge on any atom is -0.381 e. The smallest absolute Gasteiger partial charge is 0.227 e. The molecule has 3 N–H and O–H groups in total. The van der Waals surface area contributed by atoms with E-state index in [2.05, 4.69) is 17.1 Å². The SMILES string of the molecule is CCCN1CCC(CNC(=O)C2(CN)CCOCC2)CC1. The fourth-order valence-corrected chi connectivity index (χ4v) is 3.44. The monoisotopic (exact) mass is 297 g/mol. The molecule has 2 rings (SSSR count). The van der Waals surface area contributed by atoms with Crippen molar-refractivity contribution in [1.29, 1.82) is 0 Å². The third kappa shape index (κ3) is 4.41. The Kier molecular flexibility index (Phi) is 6.45. The summed E-state index contributed by atoms with van der Waals surface area (Å²) in [4.78, 5) is 15.0. The van der Waals surface area contributed by atoms with Crippen molar-refractivity contribution in [2.45, 2.75) is 39.0 Å². The topological polar surface area (TPSA) is 67.6 Å². The molecule has 21 heavy (non-hydrogen) atoms. The molecule has 2 fully saturated rings. The van der Waals surface area contributed by atoms with Gasteiger partial charge < -0.3 is 20.7 Å². The quantitative estimate of drug-likeness (QED) is 0.767. The van der Waals surface area contributed by atoms with Gasteiger partial charge in [-0.3, -0.25) is 4.79 Å². The summed E-state index contributed by atoms with van der Waals surface area (Å²) in [6, 6.07) is 0. The van der Waals surface area contributed by atoms with Crippen LogP contribution in [-0.4, -0.2) is 56.7 Å². The van der Waals surface area contributed by atoms with Crippen molar-refractivity contribution in [3.05, 3.63) is 0 Å². The molecule has 0 aromatic heterocycles. The van der Waals surface area contributed by atoms with Crippen LogP contribution >= 0.6 is 0 Å². The summed E-state index contributed by atoms with van der Waals surface area (Å²) in [5, 5.41) is 3.17. The van der Waals surface area contributed by atoms with Gasteiger partial charge in [0.25, 0.3) is 0 Å². The maximum Gasteiger partial charge on any atom is 0.227 e. The molecule has 0 aromatic carbocycles. The minimum absolute atomic E-state index is 0.143. The van der Waals surface area contributed by atoms with Crippen LogP contribution in [0.1, 0.15) is 39.0 Å². The molecule has 0 atom stereocenters. The van der Waals surface area contributed by atoms with E-state index in [0.29, 0.717) is 25.7 Å². The minimum atomic E-state index is -0.388. The molecular formula is C16H31N3O2. The average molecular weight is 297 g/mol. The van der Waals surface area contributed by atoms with E-state index in [1.54, 1.807) is 0 Å². The summed E-state index contributed by atoms with van der Waals surface area (Å²) in [5.74, 6) is 0.765. The number of nitrogens with zero attached hydrogens (tertiary/aromatic N) is 1. The molecule has 0 aromatic rings. The van der Waals surface area contributed by atoms with E-state index in [9.17, 15) is 4.79 Å². The molecule has 1 amide bonds. The molecule has 5 heteroatoms. The summed E-state index contributed by atoms with van der Waals surface area (Å²) < 4.78 is 5.36. The predicted molar refractivity (Wildman–Crippen MR) is 84.0 cm³/mol. The molecule has 2 aliphatic heterocycles. The van der Waals surface area contributed by atoms with Crippen LogP contribution in [0.15, 0.2) is 0 Å². The highest BCUT2D eigenvalue weighted by Crippen LogP contribution is 2.29. The first-order chi connectivity index (χ1) is 10.2. The molecule has 0 spiro atoms. The Bertz CT molecular complexity index is 321. The lowest BCUT2D eigenvalue weighted by Crippen LogP contribution is -2.50. The number of piperidine rings is 1. The molecule has 0 bridgehead atoms. The summed E-state index contributed by atoms with van der Waals surface area (Å²) in [6.07, 6.45) is 5.12. The second-order valence-electron chi connectivity index (χ2n) is 6.59. The molecule has 2 heterocycles. The molecule has 0 saturated carbocycles. The van der Waals surface area contributed by atoms with Crippen LogP contribution in [-0.2, 0) is 9.53 Å². The number of nitrogens with one attached hydrogen (secondary N) is 1. The van der Waals surface area contributed by atoms with Gasteiger partial charge in [0.05, 0.1) is 5.41 Å². The number of carbonyl (C=O) groups is 1. The Labute approximate surface area is 128 Å². The first-order valence-corrected chi connectivity index (χ1v) is 8.48. The van der Waals surface area contributed by atoms with E-state index in [4.69, 9.17) is 10.5 Å². The molecule has 0 radical (unpaired) electrons. The molecular weight excluding hydrogens is 266 g/mol. The Morgan fingerprint density at radius 1 is 1.33 bits per heavy atom. The van der Waals surface area contributed by atoms with Crippen LogP contribution in [0, 0.1) is 11.3 Å². The van der Waals surface area contributed by atoms with Gasteiger partial charge in [0.15, 0.2) is 0 Å². The Morgan fingerprint density at radius 2 is 2.00 bits per heavy atom. The first-order valence-electron chi connectivity index (χ1n) is 8.48. The lowest BCUT2D eigenvalue weighted by Gasteiger charge is -2.36. The van der Waals surface area contributed by atoms with Crippen LogP contribution in [0.5, 0.6) is 0 Å².